The Hall–Kier alpha value is -2.39. The van der Waals surface area contributed by atoms with Gasteiger partial charge in [0.25, 0.3) is 5.91 Å². The second-order valence-corrected chi connectivity index (χ2v) is 7.27. The molecule has 1 aliphatic rings. The Bertz CT molecular complexity index is 728. The Kier molecular flexibility index (Phi) is 5.73. The maximum absolute atomic E-state index is 12.6. The molecule has 8 nitrogen and oxygen atoms in total. The molecule has 0 saturated heterocycles. The zero-order valence-electron chi connectivity index (χ0n) is 15.1. The highest BCUT2D eigenvalue weighted by Gasteiger charge is 2.36. The number of rotatable bonds is 6. The molecule has 1 heterocycles. The van der Waals surface area contributed by atoms with Crippen LogP contribution in [0.2, 0.25) is 0 Å². The molecule has 0 aliphatic carbocycles. The quantitative estimate of drug-likeness (QED) is 0.453. The highest BCUT2D eigenvalue weighted by molar-refractivity contribution is 6.58. The summed E-state index contributed by atoms with van der Waals surface area (Å²) < 4.78 is 5.21. The van der Waals surface area contributed by atoms with Crippen molar-refractivity contribution in [2.75, 3.05) is 0 Å². The number of amides is 2. The number of nitrogens with two attached hydrogens (primary N) is 1. The first-order chi connectivity index (χ1) is 12.0. The zero-order valence-corrected chi connectivity index (χ0v) is 15.1. The van der Waals surface area contributed by atoms with E-state index in [1.165, 1.54) is 23.1 Å². The molecule has 9 heteroatoms. The van der Waals surface area contributed by atoms with Crippen molar-refractivity contribution in [2.45, 2.75) is 51.8 Å². The zero-order chi connectivity index (χ0) is 19.6. The van der Waals surface area contributed by atoms with E-state index in [9.17, 15) is 24.4 Å². The van der Waals surface area contributed by atoms with Gasteiger partial charge in [-0.2, -0.15) is 0 Å². The number of carbonyl (C=O) groups excluding carboxylic acids is 3. The average Bonchev–Trinajstić information content (AvgIpc) is 2.82. The Morgan fingerprint density at radius 2 is 2.00 bits per heavy atom. The largest absolute Gasteiger partial charge is 0.488 e. The molecule has 2 amide bonds. The summed E-state index contributed by atoms with van der Waals surface area (Å²) in [7, 11) is -1.65. The summed E-state index contributed by atoms with van der Waals surface area (Å²) in [6.45, 7) is 5.33. The first kappa shape index (κ1) is 19.9. The Labute approximate surface area is 152 Å². The number of benzene rings is 1. The van der Waals surface area contributed by atoms with Crippen molar-refractivity contribution >= 4 is 30.4 Å². The lowest BCUT2D eigenvalue weighted by Gasteiger charge is -2.25. The normalized spacial score (nSPS) is 14.8. The lowest BCUT2D eigenvalue weighted by atomic mass is 9.79. The van der Waals surface area contributed by atoms with Gasteiger partial charge >= 0.3 is 13.1 Å². The van der Waals surface area contributed by atoms with Crippen molar-refractivity contribution < 1.29 is 29.2 Å². The minimum atomic E-state index is -1.65. The third-order valence-corrected chi connectivity index (χ3v) is 4.01. The van der Waals surface area contributed by atoms with Crippen molar-refractivity contribution in [2.24, 2.45) is 5.73 Å². The fourth-order valence-corrected chi connectivity index (χ4v) is 2.87. The molecule has 0 spiro atoms. The van der Waals surface area contributed by atoms with E-state index in [-0.39, 0.29) is 30.8 Å². The summed E-state index contributed by atoms with van der Waals surface area (Å²) in [6.07, 6.45) is 0.00502. The van der Waals surface area contributed by atoms with Crippen LogP contribution in [0.1, 0.15) is 49.5 Å². The standard InChI is InChI=1S/C17H23BN2O6/c1-17(2,3)26-14(21)7-6-13(15(19)22)20-9-10-8-11(18(24)25)4-5-12(10)16(20)23/h4-5,8,13,24-25H,6-7,9H2,1-3H3,(H2,19,22). The molecule has 1 aromatic rings. The number of hydrogen-bond acceptors (Lipinski definition) is 6. The molecule has 4 N–H and O–H groups in total. The number of fused-ring (bicyclic) bond motifs is 1. The summed E-state index contributed by atoms with van der Waals surface area (Å²) in [5.74, 6) is -1.57. The van der Waals surface area contributed by atoms with Gasteiger partial charge in [0.15, 0.2) is 0 Å². The molecule has 1 unspecified atom stereocenters. The molecular formula is C17H23BN2O6. The lowest BCUT2D eigenvalue weighted by molar-refractivity contribution is -0.155. The van der Waals surface area contributed by atoms with Crippen LogP contribution in [-0.4, -0.2) is 51.5 Å². The first-order valence-corrected chi connectivity index (χ1v) is 8.30. The van der Waals surface area contributed by atoms with Crippen LogP contribution in [0, 0.1) is 0 Å². The van der Waals surface area contributed by atoms with Gasteiger partial charge in [0.05, 0.1) is 0 Å². The van der Waals surface area contributed by atoms with E-state index in [2.05, 4.69) is 0 Å². The average molecular weight is 362 g/mol. The SMILES string of the molecule is CC(C)(C)OC(=O)CCC(C(N)=O)N1Cc2cc(B(O)O)ccc2C1=O. The van der Waals surface area contributed by atoms with Crippen LogP contribution in [0.3, 0.4) is 0 Å². The van der Waals surface area contributed by atoms with E-state index in [0.29, 0.717) is 11.1 Å². The summed E-state index contributed by atoms with van der Waals surface area (Å²) in [5, 5.41) is 18.5. The third kappa shape index (κ3) is 4.61. The Morgan fingerprint density at radius 3 is 2.54 bits per heavy atom. The van der Waals surface area contributed by atoms with Crippen molar-refractivity contribution in [3.8, 4) is 0 Å². The topological polar surface area (TPSA) is 130 Å². The lowest BCUT2D eigenvalue weighted by Crippen LogP contribution is -2.45. The third-order valence-electron chi connectivity index (χ3n) is 4.01. The second-order valence-electron chi connectivity index (χ2n) is 7.27. The molecule has 1 aliphatic heterocycles. The minimum absolute atomic E-state index is 0.0500. The van der Waals surface area contributed by atoms with E-state index < -0.39 is 30.6 Å². The van der Waals surface area contributed by atoms with E-state index >= 15 is 0 Å². The fourth-order valence-electron chi connectivity index (χ4n) is 2.87. The van der Waals surface area contributed by atoms with Gasteiger partial charge in [-0.1, -0.05) is 12.1 Å². The number of esters is 1. The summed E-state index contributed by atoms with van der Waals surface area (Å²) in [6, 6.07) is 3.47. The molecule has 26 heavy (non-hydrogen) atoms. The molecule has 0 bridgehead atoms. The van der Waals surface area contributed by atoms with Gasteiger partial charge in [-0.05, 0) is 44.3 Å². The predicted octanol–water partition coefficient (Wildman–Crippen LogP) is -0.702. The molecule has 1 atom stereocenters. The number of nitrogens with zero attached hydrogens (tertiary/aromatic N) is 1. The molecule has 0 radical (unpaired) electrons. The van der Waals surface area contributed by atoms with E-state index in [1.54, 1.807) is 20.8 Å². The monoisotopic (exact) mass is 362 g/mol. The molecule has 0 saturated carbocycles. The predicted molar refractivity (Wildman–Crippen MR) is 94.2 cm³/mol. The van der Waals surface area contributed by atoms with E-state index in [0.717, 1.165) is 0 Å². The smallest absolute Gasteiger partial charge is 0.460 e. The van der Waals surface area contributed by atoms with Crippen molar-refractivity contribution in [3.05, 3.63) is 29.3 Å². The maximum atomic E-state index is 12.6. The Balaban J connectivity index is 2.12. The van der Waals surface area contributed by atoms with Gasteiger partial charge in [-0.15, -0.1) is 0 Å². The van der Waals surface area contributed by atoms with Crippen LogP contribution in [0.5, 0.6) is 0 Å². The van der Waals surface area contributed by atoms with Gasteiger partial charge in [-0.25, -0.2) is 0 Å². The van der Waals surface area contributed by atoms with Gasteiger partial charge < -0.3 is 25.4 Å². The molecular weight excluding hydrogens is 339 g/mol. The summed E-state index contributed by atoms with van der Waals surface area (Å²) in [4.78, 5) is 37.6. The second kappa shape index (κ2) is 7.47. The van der Waals surface area contributed by atoms with Crippen molar-refractivity contribution in [1.29, 1.82) is 0 Å². The molecule has 1 aromatic carbocycles. The highest BCUT2D eigenvalue weighted by atomic mass is 16.6. The van der Waals surface area contributed by atoms with Crippen LogP contribution >= 0.6 is 0 Å². The van der Waals surface area contributed by atoms with Crippen LogP contribution in [-0.2, 0) is 20.9 Å². The van der Waals surface area contributed by atoms with Crippen LogP contribution in [0.4, 0.5) is 0 Å². The van der Waals surface area contributed by atoms with Gasteiger partial charge in [0, 0.05) is 18.5 Å². The van der Waals surface area contributed by atoms with E-state index in [4.69, 9.17) is 10.5 Å². The van der Waals surface area contributed by atoms with Crippen LogP contribution in [0.15, 0.2) is 18.2 Å². The molecule has 140 valence electrons. The number of ether oxygens (including phenoxy) is 1. The first-order valence-electron chi connectivity index (χ1n) is 8.30. The van der Waals surface area contributed by atoms with E-state index in [1.807, 2.05) is 0 Å². The highest BCUT2D eigenvalue weighted by Crippen LogP contribution is 2.25. The van der Waals surface area contributed by atoms with Gasteiger partial charge in [-0.3, -0.25) is 14.4 Å². The number of primary amides is 1. The van der Waals surface area contributed by atoms with Gasteiger partial charge in [0.1, 0.15) is 11.6 Å². The van der Waals surface area contributed by atoms with Crippen molar-refractivity contribution in [3.63, 3.8) is 0 Å². The summed E-state index contributed by atoms with van der Waals surface area (Å²) in [5.41, 5.74) is 6.00. The summed E-state index contributed by atoms with van der Waals surface area (Å²) >= 11 is 0. The maximum Gasteiger partial charge on any atom is 0.488 e. The van der Waals surface area contributed by atoms with Crippen molar-refractivity contribution in [1.82, 2.24) is 4.90 Å². The van der Waals surface area contributed by atoms with Crippen LogP contribution in [0.25, 0.3) is 0 Å². The van der Waals surface area contributed by atoms with Gasteiger partial charge in [0.2, 0.25) is 5.91 Å². The Morgan fingerprint density at radius 1 is 1.35 bits per heavy atom. The molecule has 0 aromatic heterocycles. The fraction of sp³-hybridized carbons (Fsp3) is 0.471. The number of carbonyl (C=O) groups is 3. The number of hydrogen-bond donors (Lipinski definition) is 3. The minimum Gasteiger partial charge on any atom is -0.460 e. The van der Waals surface area contributed by atoms with Crippen LogP contribution < -0.4 is 11.2 Å². The molecule has 2 rings (SSSR count). The molecule has 0 fully saturated rings.